The number of nitrogens with two attached hydrogens (primary N) is 1. The minimum absolute atomic E-state index is 0.0723. The predicted octanol–water partition coefficient (Wildman–Crippen LogP) is 1.98. The lowest BCUT2D eigenvalue weighted by Crippen LogP contribution is -2.23. The van der Waals surface area contributed by atoms with Gasteiger partial charge >= 0.3 is 5.97 Å². The highest BCUT2D eigenvalue weighted by molar-refractivity contribution is 6.01. The van der Waals surface area contributed by atoms with Crippen molar-refractivity contribution >= 4 is 22.6 Å². The van der Waals surface area contributed by atoms with Gasteiger partial charge in [0.15, 0.2) is 17.6 Å². The molecule has 1 atom stereocenters. The molecule has 0 aliphatic rings. The SMILES string of the molecule is COc1ccc2ccc(C(=N)N)cc2c1OC(C)C(=O)O. The van der Waals surface area contributed by atoms with Crippen molar-refractivity contribution in [1.29, 1.82) is 5.41 Å². The summed E-state index contributed by atoms with van der Waals surface area (Å²) in [4.78, 5) is 11.0. The molecule has 0 spiro atoms. The predicted molar refractivity (Wildman–Crippen MR) is 79.2 cm³/mol. The van der Waals surface area contributed by atoms with Crippen LogP contribution in [0.2, 0.25) is 0 Å². The van der Waals surface area contributed by atoms with Gasteiger partial charge in [-0.1, -0.05) is 18.2 Å². The molecule has 0 saturated heterocycles. The Morgan fingerprint density at radius 1 is 1.33 bits per heavy atom. The number of hydrogen-bond acceptors (Lipinski definition) is 4. The maximum Gasteiger partial charge on any atom is 0.344 e. The van der Waals surface area contributed by atoms with E-state index in [-0.39, 0.29) is 5.84 Å². The van der Waals surface area contributed by atoms with Crippen LogP contribution in [0, 0.1) is 5.41 Å². The molecule has 0 aliphatic carbocycles. The van der Waals surface area contributed by atoms with Gasteiger partial charge in [-0.2, -0.15) is 0 Å². The molecule has 0 saturated carbocycles. The number of carbonyl (C=O) groups is 1. The minimum atomic E-state index is -1.07. The second kappa shape index (κ2) is 5.70. The van der Waals surface area contributed by atoms with Crippen molar-refractivity contribution in [1.82, 2.24) is 0 Å². The summed E-state index contributed by atoms with van der Waals surface area (Å²) in [6.07, 6.45) is -1.02. The Kier molecular flexibility index (Phi) is 3.98. The van der Waals surface area contributed by atoms with Crippen molar-refractivity contribution in [2.75, 3.05) is 7.11 Å². The van der Waals surface area contributed by atoms with Gasteiger partial charge in [0.05, 0.1) is 7.11 Å². The topological polar surface area (TPSA) is 106 Å². The first kappa shape index (κ1) is 14.6. The zero-order valence-electron chi connectivity index (χ0n) is 11.7. The molecular weight excluding hydrogens is 272 g/mol. The zero-order chi connectivity index (χ0) is 15.6. The van der Waals surface area contributed by atoms with Crippen LogP contribution in [0.4, 0.5) is 0 Å². The summed E-state index contributed by atoms with van der Waals surface area (Å²) in [5.41, 5.74) is 6.02. The van der Waals surface area contributed by atoms with Crippen LogP contribution in [0.1, 0.15) is 12.5 Å². The summed E-state index contributed by atoms with van der Waals surface area (Å²) in [5.74, 6) is -0.391. The second-order valence-electron chi connectivity index (χ2n) is 4.54. The van der Waals surface area contributed by atoms with E-state index in [1.807, 2.05) is 6.07 Å². The third kappa shape index (κ3) is 2.89. The van der Waals surface area contributed by atoms with Crippen molar-refractivity contribution < 1.29 is 19.4 Å². The largest absolute Gasteiger partial charge is 0.493 e. The fraction of sp³-hybridized carbons (Fsp3) is 0.200. The Hall–Kier alpha value is -2.76. The Labute approximate surface area is 121 Å². The number of ether oxygens (including phenoxy) is 2. The van der Waals surface area contributed by atoms with Crippen molar-refractivity contribution in [3.05, 3.63) is 35.9 Å². The van der Waals surface area contributed by atoms with Crippen LogP contribution in [-0.2, 0) is 4.79 Å². The number of carboxylic acid groups (broad SMARTS) is 1. The maximum atomic E-state index is 11.0. The van der Waals surface area contributed by atoms with Crippen LogP contribution >= 0.6 is 0 Å². The number of methoxy groups -OCH3 is 1. The summed E-state index contributed by atoms with van der Waals surface area (Å²) < 4.78 is 10.7. The molecule has 6 heteroatoms. The van der Waals surface area contributed by atoms with E-state index in [2.05, 4.69) is 0 Å². The summed E-state index contributed by atoms with van der Waals surface area (Å²) in [6, 6.07) is 8.74. The standard InChI is InChI=1S/C15H16N2O4/c1-8(15(18)19)21-13-11-7-10(14(16)17)4-3-9(11)5-6-12(13)20-2/h3-8H,1-2H3,(H3,16,17)(H,18,19). The molecule has 2 aromatic rings. The maximum absolute atomic E-state index is 11.0. The van der Waals surface area contributed by atoms with Crippen molar-refractivity contribution in [2.45, 2.75) is 13.0 Å². The fourth-order valence-corrected chi connectivity index (χ4v) is 1.95. The van der Waals surface area contributed by atoms with Crippen LogP contribution in [-0.4, -0.2) is 30.1 Å². The van der Waals surface area contributed by atoms with Gasteiger partial charge in [0.2, 0.25) is 0 Å². The first-order valence-corrected chi connectivity index (χ1v) is 6.28. The normalized spacial score (nSPS) is 11.9. The molecule has 6 nitrogen and oxygen atoms in total. The van der Waals surface area contributed by atoms with E-state index >= 15 is 0 Å². The fourth-order valence-electron chi connectivity index (χ4n) is 1.95. The second-order valence-corrected chi connectivity index (χ2v) is 4.54. The van der Waals surface area contributed by atoms with Gasteiger partial charge in [0, 0.05) is 10.9 Å². The molecule has 2 rings (SSSR count). The number of aliphatic carboxylic acids is 1. The lowest BCUT2D eigenvalue weighted by atomic mass is 10.0. The van der Waals surface area contributed by atoms with E-state index < -0.39 is 12.1 Å². The van der Waals surface area contributed by atoms with E-state index in [1.54, 1.807) is 24.3 Å². The first-order chi connectivity index (χ1) is 9.93. The number of hydrogen-bond donors (Lipinski definition) is 3. The third-order valence-electron chi connectivity index (χ3n) is 3.11. The van der Waals surface area contributed by atoms with Gasteiger partial charge in [-0.15, -0.1) is 0 Å². The lowest BCUT2D eigenvalue weighted by molar-refractivity contribution is -0.144. The highest BCUT2D eigenvalue weighted by Gasteiger charge is 2.18. The molecule has 0 radical (unpaired) electrons. The van der Waals surface area contributed by atoms with Crippen LogP contribution in [0.3, 0.4) is 0 Å². The van der Waals surface area contributed by atoms with Crippen LogP contribution in [0.15, 0.2) is 30.3 Å². The van der Waals surface area contributed by atoms with Crippen LogP contribution < -0.4 is 15.2 Å². The number of nitrogen functional groups attached to an aromatic ring is 1. The minimum Gasteiger partial charge on any atom is -0.493 e. The summed E-state index contributed by atoms with van der Waals surface area (Å²) >= 11 is 0. The van der Waals surface area contributed by atoms with Gasteiger partial charge in [-0.25, -0.2) is 4.79 Å². The summed E-state index contributed by atoms with van der Waals surface area (Å²) in [5, 5.41) is 18.0. The highest BCUT2D eigenvalue weighted by atomic mass is 16.5. The molecule has 1 unspecified atom stereocenters. The Balaban J connectivity index is 2.64. The van der Waals surface area contributed by atoms with Crippen molar-refractivity contribution in [3.8, 4) is 11.5 Å². The summed E-state index contributed by atoms with van der Waals surface area (Å²) in [7, 11) is 1.48. The van der Waals surface area contributed by atoms with Crippen LogP contribution in [0.5, 0.6) is 11.5 Å². The molecule has 0 bridgehead atoms. The smallest absolute Gasteiger partial charge is 0.344 e. The molecular formula is C15H16N2O4. The lowest BCUT2D eigenvalue weighted by Gasteiger charge is -2.16. The molecule has 21 heavy (non-hydrogen) atoms. The summed E-state index contributed by atoms with van der Waals surface area (Å²) in [6.45, 7) is 1.44. The number of benzene rings is 2. The molecule has 0 fully saturated rings. The molecule has 0 aliphatic heterocycles. The number of amidine groups is 1. The third-order valence-corrected chi connectivity index (χ3v) is 3.11. The highest BCUT2D eigenvalue weighted by Crippen LogP contribution is 2.36. The number of nitrogens with one attached hydrogen (secondary N) is 1. The monoisotopic (exact) mass is 288 g/mol. The zero-order valence-corrected chi connectivity index (χ0v) is 11.7. The van der Waals surface area contributed by atoms with E-state index in [1.165, 1.54) is 14.0 Å². The molecule has 0 heterocycles. The Bertz CT molecular complexity index is 712. The first-order valence-electron chi connectivity index (χ1n) is 6.28. The Morgan fingerprint density at radius 2 is 2.00 bits per heavy atom. The van der Waals surface area contributed by atoms with Crippen molar-refractivity contribution in [2.24, 2.45) is 5.73 Å². The number of rotatable bonds is 5. The van der Waals surface area contributed by atoms with E-state index in [0.717, 1.165) is 5.39 Å². The average molecular weight is 288 g/mol. The Morgan fingerprint density at radius 3 is 2.57 bits per heavy atom. The van der Waals surface area contributed by atoms with E-state index in [4.69, 9.17) is 25.7 Å². The van der Waals surface area contributed by atoms with E-state index in [9.17, 15) is 4.79 Å². The van der Waals surface area contributed by atoms with Gasteiger partial charge in [0.25, 0.3) is 0 Å². The van der Waals surface area contributed by atoms with Gasteiger partial charge in [-0.3, -0.25) is 5.41 Å². The van der Waals surface area contributed by atoms with Crippen LogP contribution in [0.25, 0.3) is 10.8 Å². The number of carboxylic acids is 1. The molecule has 110 valence electrons. The van der Waals surface area contributed by atoms with Crippen molar-refractivity contribution in [3.63, 3.8) is 0 Å². The van der Waals surface area contributed by atoms with Gasteiger partial charge in [-0.05, 0) is 24.4 Å². The molecule has 2 aromatic carbocycles. The quantitative estimate of drug-likeness (QED) is 0.576. The molecule has 0 amide bonds. The molecule has 0 aromatic heterocycles. The van der Waals surface area contributed by atoms with Gasteiger partial charge < -0.3 is 20.3 Å². The van der Waals surface area contributed by atoms with E-state index in [0.29, 0.717) is 22.4 Å². The average Bonchev–Trinajstić information content (AvgIpc) is 2.46. The van der Waals surface area contributed by atoms with Gasteiger partial charge in [0.1, 0.15) is 5.84 Å². The molecule has 4 N–H and O–H groups in total. The number of fused-ring (bicyclic) bond motifs is 1.